The Labute approximate surface area is 168 Å². The molecule has 9 heteroatoms. The number of nitrogens with one attached hydrogen (secondary N) is 1. The number of halogens is 4. The molecule has 3 rings (SSSR count). The van der Waals surface area contributed by atoms with Gasteiger partial charge in [-0.25, -0.2) is 0 Å². The standard InChI is InChI=1S/C20H14ClF3N2O3/c1-11(27)25-15-7-5-13(6-8-15)16-17(21)19(29)26(18(16)28)10-12-3-2-4-14(9-12)20(22,23)24/h2-9H,10H2,1H3,(H,25,27). The minimum atomic E-state index is -4.54. The molecular weight excluding hydrogens is 409 g/mol. The Morgan fingerprint density at radius 3 is 2.31 bits per heavy atom. The van der Waals surface area contributed by atoms with Gasteiger partial charge in [0.2, 0.25) is 5.91 Å². The van der Waals surface area contributed by atoms with Gasteiger partial charge in [-0.15, -0.1) is 0 Å². The lowest BCUT2D eigenvalue weighted by Gasteiger charge is -2.16. The molecule has 0 unspecified atom stereocenters. The molecule has 2 aromatic rings. The Balaban J connectivity index is 1.84. The van der Waals surface area contributed by atoms with E-state index >= 15 is 0 Å². The van der Waals surface area contributed by atoms with Crippen LogP contribution < -0.4 is 5.32 Å². The van der Waals surface area contributed by atoms with Gasteiger partial charge in [-0.1, -0.05) is 35.9 Å². The number of carbonyl (C=O) groups is 3. The molecule has 0 saturated heterocycles. The molecule has 1 aliphatic rings. The van der Waals surface area contributed by atoms with Gasteiger partial charge in [0.25, 0.3) is 11.8 Å². The second kappa shape index (κ2) is 7.71. The van der Waals surface area contributed by atoms with Gasteiger partial charge >= 0.3 is 6.18 Å². The molecule has 3 amide bonds. The van der Waals surface area contributed by atoms with E-state index in [0.29, 0.717) is 11.3 Å². The second-order valence-corrected chi connectivity index (χ2v) is 6.72. The molecule has 0 atom stereocenters. The van der Waals surface area contributed by atoms with Crippen molar-refractivity contribution in [2.24, 2.45) is 0 Å². The van der Waals surface area contributed by atoms with Crippen molar-refractivity contribution in [2.45, 2.75) is 19.6 Å². The summed E-state index contributed by atoms with van der Waals surface area (Å²) in [6, 6.07) is 10.5. The molecule has 1 aliphatic heterocycles. The molecule has 0 aliphatic carbocycles. The van der Waals surface area contributed by atoms with Crippen LogP contribution in [0.25, 0.3) is 5.57 Å². The Morgan fingerprint density at radius 1 is 1.07 bits per heavy atom. The molecule has 0 spiro atoms. The van der Waals surface area contributed by atoms with Crippen LogP contribution in [0.4, 0.5) is 18.9 Å². The fraction of sp³-hybridized carbons (Fsp3) is 0.150. The van der Waals surface area contributed by atoms with E-state index in [4.69, 9.17) is 11.6 Å². The molecule has 29 heavy (non-hydrogen) atoms. The van der Waals surface area contributed by atoms with E-state index in [-0.39, 0.29) is 28.6 Å². The predicted octanol–water partition coefficient (Wildman–Crippen LogP) is 4.18. The highest BCUT2D eigenvalue weighted by Crippen LogP contribution is 2.34. The third-order valence-corrected chi connectivity index (χ3v) is 4.55. The van der Waals surface area contributed by atoms with Gasteiger partial charge in [0, 0.05) is 12.6 Å². The molecule has 0 saturated carbocycles. The molecule has 0 bridgehead atoms. The van der Waals surface area contributed by atoms with Crippen molar-refractivity contribution < 1.29 is 27.6 Å². The van der Waals surface area contributed by atoms with E-state index in [9.17, 15) is 27.6 Å². The highest BCUT2D eigenvalue weighted by molar-refractivity contribution is 6.55. The summed E-state index contributed by atoms with van der Waals surface area (Å²) in [6.07, 6.45) is -4.54. The summed E-state index contributed by atoms with van der Waals surface area (Å²) in [7, 11) is 0. The number of anilines is 1. The van der Waals surface area contributed by atoms with Crippen molar-refractivity contribution >= 4 is 40.6 Å². The van der Waals surface area contributed by atoms with Gasteiger partial charge < -0.3 is 5.32 Å². The number of benzene rings is 2. The molecule has 5 nitrogen and oxygen atoms in total. The lowest BCUT2D eigenvalue weighted by atomic mass is 10.1. The zero-order chi connectivity index (χ0) is 21.3. The Kier molecular flexibility index (Phi) is 5.48. The van der Waals surface area contributed by atoms with Crippen LogP contribution in [0.1, 0.15) is 23.6 Å². The molecule has 150 valence electrons. The van der Waals surface area contributed by atoms with Gasteiger partial charge in [0.1, 0.15) is 5.03 Å². The van der Waals surface area contributed by atoms with Crippen LogP contribution in [0.15, 0.2) is 53.6 Å². The highest BCUT2D eigenvalue weighted by Gasteiger charge is 2.38. The summed E-state index contributed by atoms with van der Waals surface area (Å²) in [5.41, 5.74) is 0.0813. The number of hydrogen-bond acceptors (Lipinski definition) is 3. The molecular formula is C20H14ClF3N2O3. The van der Waals surface area contributed by atoms with Gasteiger partial charge in [-0.2, -0.15) is 13.2 Å². The molecule has 0 fully saturated rings. The minimum absolute atomic E-state index is 0.0435. The van der Waals surface area contributed by atoms with Crippen molar-refractivity contribution in [1.82, 2.24) is 4.90 Å². The van der Waals surface area contributed by atoms with Crippen LogP contribution in [0, 0.1) is 0 Å². The first-order valence-electron chi connectivity index (χ1n) is 8.38. The normalized spacial score (nSPS) is 14.6. The fourth-order valence-electron chi connectivity index (χ4n) is 2.89. The first kappa shape index (κ1) is 20.6. The van der Waals surface area contributed by atoms with Crippen LogP contribution in [-0.4, -0.2) is 22.6 Å². The van der Waals surface area contributed by atoms with Gasteiger partial charge in [-0.05, 0) is 35.4 Å². The van der Waals surface area contributed by atoms with Crippen LogP contribution in [0.3, 0.4) is 0 Å². The highest BCUT2D eigenvalue weighted by atomic mass is 35.5. The fourth-order valence-corrected chi connectivity index (χ4v) is 3.18. The third kappa shape index (κ3) is 4.32. The third-order valence-electron chi connectivity index (χ3n) is 4.20. The van der Waals surface area contributed by atoms with Gasteiger partial charge in [0.15, 0.2) is 0 Å². The zero-order valence-electron chi connectivity index (χ0n) is 15.0. The van der Waals surface area contributed by atoms with E-state index < -0.39 is 23.6 Å². The maximum atomic E-state index is 12.9. The SMILES string of the molecule is CC(=O)Nc1ccc(C2=C(Cl)C(=O)N(Cc3cccc(C(F)(F)F)c3)C2=O)cc1. The van der Waals surface area contributed by atoms with Crippen LogP contribution >= 0.6 is 11.6 Å². The molecule has 0 aromatic heterocycles. The number of hydrogen-bond donors (Lipinski definition) is 1. The number of nitrogens with zero attached hydrogens (tertiary/aromatic N) is 1. The summed E-state index contributed by atoms with van der Waals surface area (Å²) in [4.78, 5) is 37.1. The van der Waals surface area contributed by atoms with Crippen molar-refractivity contribution in [3.8, 4) is 0 Å². The summed E-state index contributed by atoms with van der Waals surface area (Å²) >= 11 is 6.06. The Bertz CT molecular complexity index is 1030. The zero-order valence-corrected chi connectivity index (χ0v) is 15.8. The average molecular weight is 423 g/mol. The predicted molar refractivity (Wildman–Crippen MR) is 101 cm³/mol. The number of carbonyl (C=O) groups excluding carboxylic acids is 3. The van der Waals surface area contributed by atoms with Gasteiger partial charge in [-0.3, -0.25) is 19.3 Å². The van der Waals surface area contributed by atoms with E-state index in [1.54, 1.807) is 12.1 Å². The van der Waals surface area contributed by atoms with Crippen LogP contribution in [0.2, 0.25) is 0 Å². The maximum Gasteiger partial charge on any atom is 0.416 e. The van der Waals surface area contributed by atoms with E-state index in [0.717, 1.165) is 17.0 Å². The molecule has 0 radical (unpaired) electrons. The van der Waals surface area contributed by atoms with Crippen LogP contribution in [0.5, 0.6) is 0 Å². The summed E-state index contributed by atoms with van der Waals surface area (Å²) < 4.78 is 38.7. The minimum Gasteiger partial charge on any atom is -0.326 e. The second-order valence-electron chi connectivity index (χ2n) is 6.34. The van der Waals surface area contributed by atoms with Gasteiger partial charge in [0.05, 0.1) is 17.7 Å². The Hall–Kier alpha value is -3.13. The summed E-state index contributed by atoms with van der Waals surface area (Å²) in [6.45, 7) is 1.00. The van der Waals surface area contributed by atoms with E-state index in [1.165, 1.54) is 31.2 Å². The number of imide groups is 1. The lowest BCUT2D eigenvalue weighted by molar-refractivity contribution is -0.137. The monoisotopic (exact) mass is 422 g/mol. The first-order valence-corrected chi connectivity index (χ1v) is 8.76. The van der Waals surface area contributed by atoms with Crippen molar-refractivity contribution in [1.29, 1.82) is 0 Å². The lowest BCUT2D eigenvalue weighted by Crippen LogP contribution is -2.30. The molecule has 1 heterocycles. The molecule has 1 N–H and O–H groups in total. The van der Waals surface area contributed by atoms with Crippen molar-refractivity contribution in [3.05, 3.63) is 70.3 Å². The topological polar surface area (TPSA) is 66.5 Å². The van der Waals surface area contributed by atoms with Crippen LogP contribution in [-0.2, 0) is 27.1 Å². The summed E-state index contributed by atoms with van der Waals surface area (Å²) in [5, 5.41) is 2.26. The average Bonchev–Trinajstić information content (AvgIpc) is 2.85. The summed E-state index contributed by atoms with van der Waals surface area (Å²) in [5.74, 6) is -1.76. The number of alkyl halides is 3. The van der Waals surface area contributed by atoms with Crippen molar-refractivity contribution in [2.75, 3.05) is 5.32 Å². The maximum absolute atomic E-state index is 12.9. The first-order chi connectivity index (χ1) is 13.6. The number of amides is 3. The molecule has 2 aromatic carbocycles. The Morgan fingerprint density at radius 2 is 1.72 bits per heavy atom. The van der Waals surface area contributed by atoms with E-state index in [1.807, 2.05) is 0 Å². The quantitative estimate of drug-likeness (QED) is 0.751. The largest absolute Gasteiger partial charge is 0.416 e. The van der Waals surface area contributed by atoms with Crippen molar-refractivity contribution in [3.63, 3.8) is 0 Å². The smallest absolute Gasteiger partial charge is 0.326 e. The number of rotatable bonds is 4. The van der Waals surface area contributed by atoms with E-state index in [2.05, 4.69) is 5.32 Å².